The van der Waals surface area contributed by atoms with E-state index in [0.29, 0.717) is 11.3 Å². The van der Waals surface area contributed by atoms with Gasteiger partial charge in [0.15, 0.2) is 0 Å². The molecular weight excluding hydrogens is 359 g/mol. The van der Waals surface area contributed by atoms with Crippen molar-refractivity contribution in [2.75, 3.05) is 11.9 Å². The van der Waals surface area contributed by atoms with E-state index in [9.17, 15) is 18.0 Å². The number of alkyl halides is 3. The van der Waals surface area contributed by atoms with Crippen molar-refractivity contribution in [3.8, 4) is 11.1 Å². The van der Waals surface area contributed by atoms with Gasteiger partial charge >= 0.3 is 12.1 Å². The summed E-state index contributed by atoms with van der Waals surface area (Å²) >= 11 is 0. The summed E-state index contributed by atoms with van der Waals surface area (Å²) in [4.78, 5) is 12.6. The minimum atomic E-state index is -4.38. The van der Waals surface area contributed by atoms with E-state index in [1.54, 1.807) is 24.3 Å². The number of anilines is 2. The smallest absolute Gasteiger partial charge is 0.416 e. The van der Waals surface area contributed by atoms with Crippen molar-refractivity contribution in [3.05, 3.63) is 66.5 Å². The van der Waals surface area contributed by atoms with Crippen LogP contribution in [0.3, 0.4) is 0 Å². The summed E-state index contributed by atoms with van der Waals surface area (Å²) in [5.41, 5.74) is 2.14. The van der Waals surface area contributed by atoms with Crippen LogP contribution < -0.4 is 4.90 Å². The maximum atomic E-state index is 12.8. The average Bonchev–Trinajstić information content (AvgIpc) is 3.08. The number of hydrogen-bond donors (Lipinski definition) is 1. The van der Waals surface area contributed by atoms with Crippen LogP contribution in [0.4, 0.5) is 24.5 Å². The predicted molar refractivity (Wildman–Crippen MR) is 94.8 cm³/mol. The van der Waals surface area contributed by atoms with Gasteiger partial charge in [0.1, 0.15) is 6.54 Å². The number of rotatable bonds is 5. The molecule has 1 aromatic heterocycles. The molecule has 0 atom stereocenters. The highest BCUT2D eigenvalue weighted by molar-refractivity contribution is 5.81. The normalized spacial score (nSPS) is 11.4. The van der Waals surface area contributed by atoms with Crippen LogP contribution in [0.25, 0.3) is 11.1 Å². The summed E-state index contributed by atoms with van der Waals surface area (Å²) < 4.78 is 39.6. The Labute approximate surface area is 153 Å². The molecule has 1 N–H and O–H groups in total. The highest BCUT2D eigenvalue weighted by Crippen LogP contribution is 2.35. The van der Waals surface area contributed by atoms with E-state index in [1.807, 2.05) is 24.3 Å². The van der Waals surface area contributed by atoms with Gasteiger partial charge in [0.2, 0.25) is 0 Å². The van der Waals surface area contributed by atoms with E-state index < -0.39 is 17.7 Å². The fourth-order valence-corrected chi connectivity index (χ4v) is 2.75. The van der Waals surface area contributed by atoms with E-state index in [-0.39, 0.29) is 6.54 Å². The number of halogens is 3. The van der Waals surface area contributed by atoms with Crippen molar-refractivity contribution < 1.29 is 23.1 Å². The van der Waals surface area contributed by atoms with Crippen molar-refractivity contribution in [2.24, 2.45) is 0 Å². The Kier molecular flexibility index (Phi) is 4.89. The van der Waals surface area contributed by atoms with Gasteiger partial charge in [0, 0.05) is 35.7 Å². The van der Waals surface area contributed by atoms with Crippen LogP contribution in [0.1, 0.15) is 5.56 Å². The Hall–Kier alpha value is -3.29. The zero-order chi connectivity index (χ0) is 19.6. The molecule has 2 aromatic carbocycles. The lowest BCUT2D eigenvalue weighted by Gasteiger charge is -2.23. The van der Waals surface area contributed by atoms with Gasteiger partial charge in [0.05, 0.1) is 11.8 Å². The quantitative estimate of drug-likeness (QED) is 0.717. The Morgan fingerprint density at radius 1 is 1.15 bits per heavy atom. The molecule has 1 heterocycles. The number of aliphatic carboxylic acids is 1. The molecule has 0 radical (unpaired) electrons. The maximum Gasteiger partial charge on any atom is 0.416 e. The monoisotopic (exact) mass is 375 g/mol. The van der Waals surface area contributed by atoms with Gasteiger partial charge in [-0.3, -0.25) is 9.48 Å². The van der Waals surface area contributed by atoms with Gasteiger partial charge in [0.25, 0.3) is 0 Å². The van der Waals surface area contributed by atoms with Crippen LogP contribution in [-0.2, 0) is 17.5 Å². The Morgan fingerprint density at radius 2 is 1.81 bits per heavy atom. The highest BCUT2D eigenvalue weighted by atomic mass is 19.4. The molecule has 5 nitrogen and oxygen atoms in total. The van der Waals surface area contributed by atoms with Crippen molar-refractivity contribution in [3.63, 3.8) is 0 Å². The fourth-order valence-electron chi connectivity index (χ4n) is 2.75. The first-order valence-electron chi connectivity index (χ1n) is 8.00. The molecule has 0 fully saturated rings. The lowest BCUT2D eigenvalue weighted by atomic mass is 10.1. The molecule has 0 amide bonds. The standard InChI is InChI=1S/C19H16F3N3O2/c1-24(15-8-6-14(7-9-15)19(20,21)22)17-5-3-2-4-16(17)13-10-23-25(11-13)12-18(26)27/h2-11H,12H2,1H3,(H,26,27). The van der Waals surface area contributed by atoms with Gasteiger partial charge in [-0.25, -0.2) is 0 Å². The van der Waals surface area contributed by atoms with E-state index in [2.05, 4.69) is 5.10 Å². The molecule has 0 aliphatic carbocycles. The summed E-state index contributed by atoms with van der Waals surface area (Å²) in [6, 6.07) is 12.2. The molecular formula is C19H16F3N3O2. The number of carboxylic acids is 1. The number of carbonyl (C=O) groups is 1. The number of hydrogen-bond acceptors (Lipinski definition) is 3. The zero-order valence-electron chi connectivity index (χ0n) is 14.3. The first-order valence-corrected chi connectivity index (χ1v) is 8.00. The summed E-state index contributed by atoms with van der Waals surface area (Å²) in [6.07, 6.45) is -1.20. The summed E-state index contributed by atoms with van der Waals surface area (Å²) in [5, 5.41) is 12.9. The molecule has 0 aliphatic heterocycles. The number of nitrogens with zero attached hydrogens (tertiary/aromatic N) is 3. The fraction of sp³-hybridized carbons (Fsp3) is 0.158. The second-order valence-corrected chi connectivity index (χ2v) is 5.94. The van der Waals surface area contributed by atoms with Crippen LogP contribution in [0.15, 0.2) is 60.9 Å². The van der Waals surface area contributed by atoms with E-state index >= 15 is 0 Å². The van der Waals surface area contributed by atoms with Crippen molar-refractivity contribution in [1.29, 1.82) is 0 Å². The summed E-state index contributed by atoms with van der Waals surface area (Å²) in [5.74, 6) is -1.00. The van der Waals surface area contributed by atoms with Crippen LogP contribution >= 0.6 is 0 Å². The second-order valence-electron chi connectivity index (χ2n) is 5.94. The van der Waals surface area contributed by atoms with Gasteiger partial charge in [-0.2, -0.15) is 18.3 Å². The number of benzene rings is 2. The Balaban J connectivity index is 1.93. The molecule has 0 unspecified atom stereocenters. The molecule has 0 spiro atoms. The lowest BCUT2D eigenvalue weighted by Crippen LogP contribution is -2.11. The predicted octanol–water partition coefficient (Wildman–Crippen LogP) is 4.42. The van der Waals surface area contributed by atoms with Gasteiger partial charge < -0.3 is 10.0 Å². The van der Waals surface area contributed by atoms with Crippen LogP contribution in [-0.4, -0.2) is 27.9 Å². The molecule has 3 aromatic rings. The SMILES string of the molecule is CN(c1ccc(C(F)(F)F)cc1)c1ccccc1-c1cnn(CC(=O)O)c1. The minimum absolute atomic E-state index is 0.253. The summed E-state index contributed by atoms with van der Waals surface area (Å²) in [7, 11) is 1.75. The number of aromatic nitrogens is 2. The van der Waals surface area contributed by atoms with Gasteiger partial charge in [-0.15, -0.1) is 0 Å². The largest absolute Gasteiger partial charge is 0.480 e. The Morgan fingerprint density at radius 3 is 2.44 bits per heavy atom. The summed E-state index contributed by atoms with van der Waals surface area (Å²) in [6.45, 7) is -0.253. The average molecular weight is 375 g/mol. The first kappa shape index (κ1) is 18.5. The minimum Gasteiger partial charge on any atom is -0.480 e. The van der Waals surface area contributed by atoms with Crippen molar-refractivity contribution >= 4 is 17.3 Å². The van der Waals surface area contributed by atoms with Gasteiger partial charge in [-0.05, 0) is 30.3 Å². The maximum absolute atomic E-state index is 12.8. The van der Waals surface area contributed by atoms with E-state index in [0.717, 1.165) is 23.4 Å². The molecule has 27 heavy (non-hydrogen) atoms. The van der Waals surface area contributed by atoms with Crippen molar-refractivity contribution in [1.82, 2.24) is 9.78 Å². The molecule has 0 saturated heterocycles. The molecule has 140 valence electrons. The molecule has 0 aliphatic rings. The molecule has 8 heteroatoms. The van der Waals surface area contributed by atoms with Crippen LogP contribution in [0, 0.1) is 0 Å². The van der Waals surface area contributed by atoms with E-state index in [1.165, 1.54) is 16.8 Å². The topological polar surface area (TPSA) is 58.4 Å². The molecule has 3 rings (SSSR count). The number of carboxylic acid groups (broad SMARTS) is 1. The third kappa shape index (κ3) is 4.11. The van der Waals surface area contributed by atoms with Crippen LogP contribution in [0.5, 0.6) is 0 Å². The van der Waals surface area contributed by atoms with E-state index in [4.69, 9.17) is 5.11 Å². The number of para-hydroxylation sites is 1. The third-order valence-corrected chi connectivity index (χ3v) is 4.09. The third-order valence-electron chi connectivity index (χ3n) is 4.09. The van der Waals surface area contributed by atoms with Crippen LogP contribution in [0.2, 0.25) is 0 Å². The lowest BCUT2D eigenvalue weighted by molar-refractivity contribution is -0.138. The van der Waals surface area contributed by atoms with Crippen molar-refractivity contribution in [2.45, 2.75) is 12.7 Å². The Bertz CT molecular complexity index is 949. The zero-order valence-corrected chi connectivity index (χ0v) is 14.3. The molecule has 0 bridgehead atoms. The molecule has 0 saturated carbocycles. The van der Waals surface area contributed by atoms with Gasteiger partial charge in [-0.1, -0.05) is 18.2 Å². The second kappa shape index (κ2) is 7.14. The highest BCUT2D eigenvalue weighted by Gasteiger charge is 2.30. The first-order chi connectivity index (χ1) is 12.8.